The highest BCUT2D eigenvalue weighted by Crippen LogP contribution is 2.22. The van der Waals surface area contributed by atoms with E-state index in [-0.39, 0.29) is 42.7 Å². The van der Waals surface area contributed by atoms with E-state index in [1.165, 1.54) is 41.4 Å². The van der Waals surface area contributed by atoms with Crippen LogP contribution in [0.3, 0.4) is 0 Å². The van der Waals surface area contributed by atoms with Gasteiger partial charge in [-0.25, -0.2) is 18.6 Å². The van der Waals surface area contributed by atoms with Crippen molar-refractivity contribution in [1.82, 2.24) is 9.88 Å². The van der Waals surface area contributed by atoms with Crippen molar-refractivity contribution in [3.63, 3.8) is 0 Å². The lowest BCUT2D eigenvalue weighted by Gasteiger charge is -2.30. The number of amides is 2. The normalized spacial score (nSPS) is 12.7. The molecule has 11 heteroatoms. The molecule has 2 atom stereocenters. The summed E-state index contributed by atoms with van der Waals surface area (Å²) in [5.41, 5.74) is 12.2. The number of hydrogen-bond donors (Lipinski definition) is 3. The molecule has 1 aromatic heterocycles. The Morgan fingerprint density at radius 3 is 2.72 bits per heavy atom. The van der Waals surface area contributed by atoms with Gasteiger partial charge >= 0.3 is 6.09 Å². The van der Waals surface area contributed by atoms with Crippen LogP contribution in [0.15, 0.2) is 48.7 Å². The van der Waals surface area contributed by atoms with Crippen LogP contribution in [0.4, 0.5) is 19.4 Å². The molecule has 0 saturated heterocycles. The van der Waals surface area contributed by atoms with E-state index in [1.54, 1.807) is 19.2 Å². The van der Waals surface area contributed by atoms with Gasteiger partial charge in [0.15, 0.2) is 0 Å². The van der Waals surface area contributed by atoms with Crippen LogP contribution in [-0.4, -0.2) is 54.2 Å². The molecule has 2 aromatic carbocycles. The molecule has 0 radical (unpaired) electrons. The number of rotatable bonds is 10. The molecular weight excluding hydrogens is 492 g/mol. The summed E-state index contributed by atoms with van der Waals surface area (Å²) in [6.45, 7) is 0.0336. The molecule has 36 heavy (non-hydrogen) atoms. The first kappa shape index (κ1) is 27.3. The van der Waals surface area contributed by atoms with E-state index in [1.807, 2.05) is 0 Å². The standard InChI is InChI=1S/C25H28ClF2N5O3/c1-33(23(34)8-6-15-3-2-4-21(28)24(15)26)20(11-19(30)12-29)14-36-25(35)32-22-10-17-9-18(27)7-5-16(17)13-31-22/h2-5,7,9-10,13,19-20H,6,8,11-12,14,29-30H2,1H3,(H,31,32,35)/t19?,20-/m0/s1. The third kappa shape index (κ3) is 7.33. The number of nitrogens with one attached hydrogen (secondary N) is 1. The average molecular weight is 520 g/mol. The lowest BCUT2D eigenvalue weighted by Crippen LogP contribution is -2.46. The number of nitrogens with zero attached hydrogens (tertiary/aromatic N) is 2. The molecule has 0 fully saturated rings. The van der Waals surface area contributed by atoms with Gasteiger partial charge in [0.05, 0.1) is 11.1 Å². The number of anilines is 1. The molecule has 8 nitrogen and oxygen atoms in total. The summed E-state index contributed by atoms with van der Waals surface area (Å²) in [6.07, 6.45) is 1.31. The molecule has 3 aromatic rings. The van der Waals surface area contributed by atoms with Gasteiger partial charge in [0.25, 0.3) is 0 Å². The van der Waals surface area contributed by atoms with E-state index in [2.05, 4.69) is 10.3 Å². The van der Waals surface area contributed by atoms with Crippen molar-refractivity contribution < 1.29 is 23.1 Å². The molecule has 0 aliphatic carbocycles. The van der Waals surface area contributed by atoms with Crippen molar-refractivity contribution in [2.24, 2.45) is 11.5 Å². The number of nitrogens with two attached hydrogens (primary N) is 2. The first-order chi connectivity index (χ1) is 17.2. The SMILES string of the molecule is CN(C(=O)CCc1cccc(F)c1Cl)[C@H](COC(=O)Nc1cc2cc(F)ccc2cn1)CC(N)CN. The predicted octanol–water partition coefficient (Wildman–Crippen LogP) is 3.85. The van der Waals surface area contributed by atoms with Crippen LogP contribution in [0, 0.1) is 11.6 Å². The van der Waals surface area contributed by atoms with Gasteiger partial charge < -0.3 is 21.1 Å². The number of aryl methyl sites for hydroxylation is 1. The minimum atomic E-state index is -0.794. The second-order valence-corrected chi connectivity index (χ2v) is 8.77. The summed E-state index contributed by atoms with van der Waals surface area (Å²) >= 11 is 5.98. The van der Waals surface area contributed by atoms with E-state index < -0.39 is 29.8 Å². The van der Waals surface area contributed by atoms with Crippen molar-refractivity contribution in [2.75, 3.05) is 25.5 Å². The average Bonchev–Trinajstić information content (AvgIpc) is 2.86. The third-order valence-corrected chi connectivity index (χ3v) is 6.20. The summed E-state index contributed by atoms with van der Waals surface area (Å²) in [4.78, 5) is 30.8. The number of carbonyl (C=O) groups is 2. The highest BCUT2D eigenvalue weighted by Gasteiger charge is 2.24. The van der Waals surface area contributed by atoms with E-state index in [4.69, 9.17) is 27.8 Å². The van der Waals surface area contributed by atoms with Crippen LogP contribution in [-0.2, 0) is 16.0 Å². The van der Waals surface area contributed by atoms with Gasteiger partial charge in [-0.3, -0.25) is 10.1 Å². The Balaban J connectivity index is 1.60. The summed E-state index contributed by atoms with van der Waals surface area (Å²) < 4.78 is 32.5. The second-order valence-electron chi connectivity index (χ2n) is 8.39. The quantitative estimate of drug-likeness (QED) is 0.374. The molecule has 192 valence electrons. The van der Waals surface area contributed by atoms with E-state index in [0.29, 0.717) is 22.8 Å². The van der Waals surface area contributed by atoms with Crippen molar-refractivity contribution in [3.05, 3.63) is 70.9 Å². The fraction of sp³-hybridized carbons (Fsp3) is 0.320. The van der Waals surface area contributed by atoms with Crippen molar-refractivity contribution in [1.29, 1.82) is 0 Å². The van der Waals surface area contributed by atoms with Crippen LogP contribution in [0.1, 0.15) is 18.4 Å². The number of halogens is 3. The Morgan fingerprint density at radius 2 is 1.97 bits per heavy atom. The van der Waals surface area contributed by atoms with E-state index in [9.17, 15) is 18.4 Å². The Labute approximate surface area is 212 Å². The Hall–Kier alpha value is -3.34. The van der Waals surface area contributed by atoms with Gasteiger partial charge in [-0.05, 0) is 54.1 Å². The van der Waals surface area contributed by atoms with Gasteiger partial charge in [-0.2, -0.15) is 0 Å². The Bertz CT molecular complexity index is 1230. The van der Waals surface area contributed by atoms with Crippen LogP contribution < -0.4 is 16.8 Å². The zero-order valence-corrected chi connectivity index (χ0v) is 20.5. The van der Waals surface area contributed by atoms with E-state index >= 15 is 0 Å². The van der Waals surface area contributed by atoms with Crippen molar-refractivity contribution in [2.45, 2.75) is 31.3 Å². The minimum Gasteiger partial charge on any atom is -0.447 e. The summed E-state index contributed by atoms with van der Waals surface area (Å²) in [5.74, 6) is -1.03. The zero-order valence-electron chi connectivity index (χ0n) is 19.7. The topological polar surface area (TPSA) is 124 Å². The molecule has 0 saturated carbocycles. The molecule has 0 aliphatic heterocycles. The summed E-state index contributed by atoms with van der Waals surface area (Å²) in [7, 11) is 1.57. The van der Waals surface area contributed by atoms with Gasteiger partial charge in [0.1, 0.15) is 24.1 Å². The van der Waals surface area contributed by atoms with Gasteiger partial charge in [-0.15, -0.1) is 0 Å². The van der Waals surface area contributed by atoms with Crippen molar-refractivity contribution in [3.8, 4) is 0 Å². The van der Waals surface area contributed by atoms with E-state index in [0.717, 1.165) is 0 Å². The fourth-order valence-electron chi connectivity index (χ4n) is 3.64. The summed E-state index contributed by atoms with van der Waals surface area (Å²) in [5, 5.41) is 3.76. The molecule has 1 heterocycles. The molecule has 5 N–H and O–H groups in total. The number of fused-ring (bicyclic) bond motifs is 1. The second kappa shape index (κ2) is 12.6. The first-order valence-corrected chi connectivity index (χ1v) is 11.7. The number of likely N-dealkylation sites (N-methyl/N-ethyl adjacent to an activating group) is 1. The van der Waals surface area contributed by atoms with Gasteiger partial charge in [0, 0.05) is 37.6 Å². The highest BCUT2D eigenvalue weighted by molar-refractivity contribution is 6.31. The molecule has 0 aliphatic rings. The molecule has 2 amide bonds. The summed E-state index contributed by atoms with van der Waals surface area (Å²) in [6, 6.07) is 9.21. The highest BCUT2D eigenvalue weighted by atomic mass is 35.5. The molecule has 0 bridgehead atoms. The smallest absolute Gasteiger partial charge is 0.412 e. The molecular formula is C25H28ClF2N5O3. The third-order valence-electron chi connectivity index (χ3n) is 5.78. The lowest BCUT2D eigenvalue weighted by atomic mass is 10.1. The van der Waals surface area contributed by atoms with Gasteiger partial charge in [0.2, 0.25) is 5.91 Å². The lowest BCUT2D eigenvalue weighted by molar-refractivity contribution is -0.133. The number of benzene rings is 2. The minimum absolute atomic E-state index is 0.0142. The molecule has 3 rings (SSSR count). The first-order valence-electron chi connectivity index (χ1n) is 11.3. The van der Waals surface area contributed by atoms with Crippen LogP contribution in [0.5, 0.6) is 0 Å². The fourth-order valence-corrected chi connectivity index (χ4v) is 3.86. The maximum Gasteiger partial charge on any atom is 0.412 e. The maximum atomic E-state index is 13.7. The maximum absolute atomic E-state index is 13.7. The van der Waals surface area contributed by atoms with Crippen molar-refractivity contribution >= 4 is 40.2 Å². The number of carbonyl (C=O) groups excluding carboxylic acids is 2. The largest absolute Gasteiger partial charge is 0.447 e. The monoisotopic (exact) mass is 519 g/mol. The van der Waals surface area contributed by atoms with Gasteiger partial charge in [-0.1, -0.05) is 23.7 Å². The number of pyridine rings is 1. The number of aromatic nitrogens is 1. The Morgan fingerprint density at radius 1 is 1.19 bits per heavy atom. The predicted molar refractivity (Wildman–Crippen MR) is 135 cm³/mol. The molecule has 1 unspecified atom stereocenters. The number of ether oxygens (including phenoxy) is 1. The van der Waals surface area contributed by atoms with Crippen LogP contribution >= 0.6 is 11.6 Å². The van der Waals surface area contributed by atoms with Crippen LogP contribution in [0.25, 0.3) is 10.8 Å². The Kier molecular flexibility index (Phi) is 9.51. The number of hydrogen-bond acceptors (Lipinski definition) is 6. The molecule has 0 spiro atoms. The van der Waals surface area contributed by atoms with Crippen LogP contribution in [0.2, 0.25) is 5.02 Å². The zero-order chi connectivity index (χ0) is 26.2.